The van der Waals surface area contributed by atoms with Crippen molar-refractivity contribution in [3.63, 3.8) is 0 Å². The van der Waals surface area contributed by atoms with Gasteiger partial charge in [0.05, 0.1) is 0 Å². The highest BCUT2D eigenvalue weighted by Gasteiger charge is 2.19. The molecule has 0 rings (SSSR count). The van der Waals surface area contributed by atoms with Gasteiger partial charge in [-0.25, -0.2) is 0 Å². The van der Waals surface area contributed by atoms with Crippen molar-refractivity contribution < 1.29 is 0 Å². The summed E-state index contributed by atoms with van der Waals surface area (Å²) in [5.41, 5.74) is 2.12. The Morgan fingerprint density at radius 2 is 1.83 bits per heavy atom. The van der Waals surface area contributed by atoms with E-state index in [4.69, 9.17) is 0 Å². The molecule has 0 aromatic heterocycles. The molecule has 1 atom stereocenters. The number of allylic oxidation sites excluding steroid dienone is 2. The van der Waals surface area contributed by atoms with Crippen LogP contribution in [0, 0.1) is 11.3 Å². The van der Waals surface area contributed by atoms with Crippen LogP contribution < -0.4 is 0 Å². The van der Waals surface area contributed by atoms with Crippen molar-refractivity contribution in [1.29, 1.82) is 0 Å². The van der Waals surface area contributed by atoms with E-state index in [0.717, 1.165) is 5.92 Å². The summed E-state index contributed by atoms with van der Waals surface area (Å²) in [6.07, 6.45) is 13.1. The molecule has 0 radical (unpaired) electrons. The van der Waals surface area contributed by atoms with E-state index < -0.39 is 0 Å². The first kappa shape index (κ1) is 17.7. The molecule has 0 aromatic rings. The van der Waals surface area contributed by atoms with E-state index in [1.165, 1.54) is 51.4 Å². The lowest BCUT2D eigenvalue weighted by atomic mass is 9.78. The number of hydrogen-bond donors (Lipinski definition) is 0. The molecule has 0 fully saturated rings. The Morgan fingerprint density at radius 1 is 1.17 bits per heavy atom. The molecule has 0 saturated heterocycles. The summed E-state index contributed by atoms with van der Waals surface area (Å²) in [6.45, 7) is 14.1. The molecule has 1 unspecified atom stereocenters. The third-order valence-corrected chi connectivity index (χ3v) is 4.07. The van der Waals surface area contributed by atoms with Crippen molar-refractivity contribution >= 4 is 0 Å². The van der Waals surface area contributed by atoms with Gasteiger partial charge in [-0.15, -0.1) is 0 Å². The maximum atomic E-state index is 2.47. The van der Waals surface area contributed by atoms with Crippen molar-refractivity contribution in [2.24, 2.45) is 11.3 Å². The summed E-state index contributed by atoms with van der Waals surface area (Å²) in [4.78, 5) is 0. The zero-order valence-corrected chi connectivity index (χ0v) is 13.8. The Morgan fingerprint density at radius 3 is 2.39 bits per heavy atom. The smallest absolute Gasteiger partial charge is 0.0323 e. The van der Waals surface area contributed by atoms with Crippen LogP contribution in [-0.2, 0) is 0 Å². The van der Waals surface area contributed by atoms with E-state index in [0.29, 0.717) is 5.41 Å². The molecule has 0 bridgehead atoms. The lowest BCUT2D eigenvalue weighted by Crippen LogP contribution is -2.15. The minimum absolute atomic E-state index is 0.528. The summed E-state index contributed by atoms with van der Waals surface area (Å²) in [6, 6.07) is 0. The first-order valence-electron chi connectivity index (χ1n) is 8.07. The van der Waals surface area contributed by atoms with Crippen LogP contribution in [0.25, 0.3) is 0 Å². The van der Waals surface area contributed by atoms with Crippen molar-refractivity contribution in [2.45, 2.75) is 92.9 Å². The van der Waals surface area contributed by atoms with Crippen molar-refractivity contribution in [2.75, 3.05) is 0 Å². The monoisotopic (exact) mass is 252 g/mol. The van der Waals surface area contributed by atoms with Crippen molar-refractivity contribution in [3.8, 4) is 0 Å². The summed E-state index contributed by atoms with van der Waals surface area (Å²) in [7, 11) is 0. The maximum Gasteiger partial charge on any atom is -0.0323 e. The van der Waals surface area contributed by atoms with Gasteiger partial charge in [-0.1, -0.05) is 59.1 Å². The fraction of sp³-hybridized carbons (Fsp3) is 0.889. The molecular weight excluding hydrogens is 216 g/mol. The Kier molecular flexibility index (Phi) is 9.50. The molecular formula is C18H36. The summed E-state index contributed by atoms with van der Waals surface area (Å²) < 4.78 is 0. The molecule has 0 aliphatic heterocycles. The second kappa shape index (κ2) is 9.64. The average Bonchev–Trinajstić information content (AvgIpc) is 2.31. The maximum absolute atomic E-state index is 2.47. The summed E-state index contributed by atoms with van der Waals surface area (Å²) in [5.74, 6) is 0.877. The molecule has 0 aliphatic carbocycles. The molecule has 0 aromatic carbocycles. The van der Waals surface area contributed by atoms with E-state index >= 15 is 0 Å². The molecule has 0 N–H and O–H groups in total. The second-order valence-corrected chi connectivity index (χ2v) is 6.93. The van der Waals surface area contributed by atoms with Crippen LogP contribution >= 0.6 is 0 Å². The average molecular weight is 252 g/mol. The van der Waals surface area contributed by atoms with Crippen molar-refractivity contribution in [1.82, 2.24) is 0 Å². The van der Waals surface area contributed by atoms with E-state index in [1.54, 1.807) is 5.57 Å². The van der Waals surface area contributed by atoms with E-state index in [2.05, 4.69) is 47.6 Å². The first-order valence-corrected chi connectivity index (χ1v) is 8.07. The quantitative estimate of drug-likeness (QED) is 0.298. The second-order valence-electron chi connectivity index (χ2n) is 6.93. The van der Waals surface area contributed by atoms with Gasteiger partial charge in [0.15, 0.2) is 0 Å². The van der Waals surface area contributed by atoms with Gasteiger partial charge in [0.25, 0.3) is 0 Å². The van der Waals surface area contributed by atoms with Crippen molar-refractivity contribution in [3.05, 3.63) is 11.6 Å². The van der Waals surface area contributed by atoms with Crippen LogP contribution in [0.15, 0.2) is 11.6 Å². The molecule has 0 saturated carbocycles. The standard InChI is InChI=1S/C18H36/c1-7-9-12-17(4)13-10-11-14-18(5,6)15-16(3)8-2/h13,16H,7-12,14-15H2,1-6H3. The van der Waals surface area contributed by atoms with E-state index in [-0.39, 0.29) is 0 Å². The van der Waals surface area contributed by atoms with Crippen LogP contribution in [0.1, 0.15) is 92.9 Å². The van der Waals surface area contributed by atoms with Gasteiger partial charge in [-0.2, -0.15) is 0 Å². The number of unbranched alkanes of at least 4 members (excludes halogenated alkanes) is 2. The lowest BCUT2D eigenvalue weighted by Gasteiger charge is -2.27. The summed E-state index contributed by atoms with van der Waals surface area (Å²) >= 11 is 0. The van der Waals surface area contributed by atoms with Crippen LogP contribution in [0.4, 0.5) is 0 Å². The fourth-order valence-electron chi connectivity index (χ4n) is 2.68. The normalized spacial score (nSPS) is 14.9. The largest absolute Gasteiger partial charge is 0.0856 e. The molecule has 0 aliphatic rings. The number of rotatable bonds is 10. The highest BCUT2D eigenvalue weighted by Crippen LogP contribution is 2.32. The van der Waals surface area contributed by atoms with Gasteiger partial charge in [-0.05, 0) is 56.8 Å². The molecule has 0 nitrogen and oxygen atoms in total. The SMILES string of the molecule is CCCCC(C)=CCCCC(C)(C)CC(C)CC. The van der Waals surface area contributed by atoms with Crippen LogP contribution in [0.3, 0.4) is 0 Å². The molecule has 0 heterocycles. The molecule has 0 heteroatoms. The Balaban J connectivity index is 3.81. The van der Waals surface area contributed by atoms with Gasteiger partial charge in [-0.3, -0.25) is 0 Å². The third-order valence-electron chi connectivity index (χ3n) is 4.07. The van der Waals surface area contributed by atoms with Gasteiger partial charge in [0.1, 0.15) is 0 Å². The first-order chi connectivity index (χ1) is 8.41. The zero-order valence-electron chi connectivity index (χ0n) is 13.8. The topological polar surface area (TPSA) is 0 Å². The fourth-order valence-corrected chi connectivity index (χ4v) is 2.68. The minimum atomic E-state index is 0.528. The van der Waals surface area contributed by atoms with E-state index in [1.807, 2.05) is 0 Å². The predicted molar refractivity (Wildman–Crippen MR) is 85.0 cm³/mol. The highest BCUT2D eigenvalue weighted by molar-refractivity contribution is 4.97. The minimum Gasteiger partial charge on any atom is -0.0856 e. The van der Waals surface area contributed by atoms with Gasteiger partial charge < -0.3 is 0 Å². The van der Waals surface area contributed by atoms with Crippen LogP contribution in [-0.4, -0.2) is 0 Å². The van der Waals surface area contributed by atoms with Gasteiger partial charge >= 0.3 is 0 Å². The van der Waals surface area contributed by atoms with Crippen LogP contribution in [0.2, 0.25) is 0 Å². The van der Waals surface area contributed by atoms with E-state index in [9.17, 15) is 0 Å². The molecule has 108 valence electrons. The van der Waals surface area contributed by atoms with Crippen LogP contribution in [0.5, 0.6) is 0 Å². The Labute approximate surface area is 116 Å². The lowest BCUT2D eigenvalue weighted by molar-refractivity contribution is 0.248. The summed E-state index contributed by atoms with van der Waals surface area (Å²) in [5, 5.41) is 0. The Bertz CT molecular complexity index is 222. The number of hydrogen-bond acceptors (Lipinski definition) is 0. The van der Waals surface area contributed by atoms with Gasteiger partial charge in [0.2, 0.25) is 0 Å². The zero-order chi connectivity index (χ0) is 14.0. The predicted octanol–water partition coefficient (Wildman–Crippen LogP) is 6.76. The highest BCUT2D eigenvalue weighted by atomic mass is 14.2. The molecule has 18 heavy (non-hydrogen) atoms. The van der Waals surface area contributed by atoms with Gasteiger partial charge in [0, 0.05) is 0 Å². The molecule has 0 amide bonds. The third kappa shape index (κ3) is 9.74. The molecule has 0 spiro atoms. The Hall–Kier alpha value is -0.260.